The molecule has 0 spiro atoms. The second-order valence-electron chi connectivity index (χ2n) is 12.1. The molecule has 5 rings (SSSR count). The molecule has 0 aliphatic carbocycles. The Morgan fingerprint density at radius 1 is 0.745 bits per heavy atom. The van der Waals surface area contributed by atoms with Crippen molar-refractivity contribution in [2.45, 2.75) is 74.7 Å². The van der Waals surface area contributed by atoms with Crippen molar-refractivity contribution in [1.82, 2.24) is 20.3 Å². The molecule has 51 heavy (non-hydrogen) atoms. The zero-order valence-electron chi connectivity index (χ0n) is 28.7. The van der Waals surface area contributed by atoms with Gasteiger partial charge in [-0.05, 0) is 54.7 Å². The van der Waals surface area contributed by atoms with Gasteiger partial charge in [0.1, 0.15) is 17.4 Å². The highest BCUT2D eigenvalue weighted by atomic mass is 35.5. The number of carbonyl (C=O) groups excluding carboxylic acids is 1. The third kappa shape index (κ3) is 12.8. The minimum Gasteiger partial charge on any atom is -0.464 e. The number of aromatic nitrogens is 3. The summed E-state index contributed by atoms with van der Waals surface area (Å²) in [5.41, 5.74) is 3.59. The molecule has 1 unspecified atom stereocenters. The minimum absolute atomic E-state index is 0. The predicted molar refractivity (Wildman–Crippen MR) is 207 cm³/mol. The van der Waals surface area contributed by atoms with Gasteiger partial charge in [0, 0.05) is 29.9 Å². The molecule has 270 valence electrons. The van der Waals surface area contributed by atoms with E-state index in [1.54, 1.807) is 47.9 Å². The average Bonchev–Trinajstić information content (AvgIpc) is 3.70. The summed E-state index contributed by atoms with van der Waals surface area (Å²) >= 11 is 1.56. The summed E-state index contributed by atoms with van der Waals surface area (Å²) in [5, 5.41) is 7.78. The smallest absolute Gasteiger partial charge is 0.325 e. The quantitative estimate of drug-likeness (QED) is 0.0561. The summed E-state index contributed by atoms with van der Waals surface area (Å²) in [7, 11) is -3.97. The Morgan fingerprint density at radius 3 is 2.18 bits per heavy atom. The van der Waals surface area contributed by atoms with Crippen molar-refractivity contribution >= 4 is 45.4 Å². The number of esters is 1. The largest absolute Gasteiger partial charge is 0.464 e. The van der Waals surface area contributed by atoms with Crippen LogP contribution in [-0.4, -0.2) is 42.5 Å². The van der Waals surface area contributed by atoms with Crippen LogP contribution in [0.25, 0.3) is 10.6 Å². The van der Waals surface area contributed by atoms with Gasteiger partial charge >= 0.3 is 5.97 Å². The zero-order valence-corrected chi connectivity index (χ0v) is 31.1. The third-order valence-electron chi connectivity index (χ3n) is 8.28. The Hall–Kier alpha value is -4.16. The number of nitrogens with one attached hydrogen (secondary N) is 2. The van der Waals surface area contributed by atoms with Gasteiger partial charge in [-0.15, -0.1) is 23.7 Å². The van der Waals surface area contributed by atoms with Gasteiger partial charge in [-0.2, -0.15) is 0 Å². The van der Waals surface area contributed by atoms with E-state index in [-0.39, 0.29) is 42.2 Å². The molecule has 0 amide bonds. The summed E-state index contributed by atoms with van der Waals surface area (Å²) in [6.07, 6.45) is 13.6. The fraction of sp³-hybridized carbons (Fsp3) is 0.333. The van der Waals surface area contributed by atoms with Crippen LogP contribution in [0.3, 0.4) is 0 Å². The predicted octanol–water partition coefficient (Wildman–Crippen LogP) is 8.60. The fourth-order valence-electron chi connectivity index (χ4n) is 5.58. The highest BCUT2D eigenvalue weighted by molar-refractivity contribution is 7.91. The zero-order chi connectivity index (χ0) is 34.9. The minimum atomic E-state index is -3.97. The number of unbranched alkanes of at least 4 members (excludes halogenated alkanes) is 7. The average molecular weight is 748 g/mol. The molecule has 3 aromatic heterocycles. The Kier molecular flexibility index (Phi) is 16.5. The van der Waals surface area contributed by atoms with E-state index in [4.69, 9.17) is 4.74 Å². The maximum atomic E-state index is 13.8. The maximum absolute atomic E-state index is 13.8. The second kappa shape index (κ2) is 21.3. The van der Waals surface area contributed by atoms with Crippen LogP contribution < -0.4 is 10.6 Å². The molecule has 1 atom stereocenters. The van der Waals surface area contributed by atoms with Crippen molar-refractivity contribution in [3.05, 3.63) is 126 Å². The first-order chi connectivity index (χ1) is 24.5. The van der Waals surface area contributed by atoms with Crippen molar-refractivity contribution in [2.24, 2.45) is 0 Å². The van der Waals surface area contributed by atoms with Gasteiger partial charge in [-0.3, -0.25) is 10.1 Å². The van der Waals surface area contributed by atoms with E-state index in [1.807, 2.05) is 29.6 Å². The fourth-order valence-corrected chi connectivity index (χ4v) is 7.70. The first-order valence-corrected chi connectivity index (χ1v) is 19.7. The van der Waals surface area contributed by atoms with Crippen LogP contribution >= 0.6 is 23.7 Å². The number of ether oxygens (including phenoxy) is 1. The van der Waals surface area contributed by atoms with E-state index in [0.29, 0.717) is 12.4 Å². The number of halogens is 1. The summed E-state index contributed by atoms with van der Waals surface area (Å²) < 4.78 is 33.0. The van der Waals surface area contributed by atoms with Crippen molar-refractivity contribution in [1.29, 1.82) is 0 Å². The van der Waals surface area contributed by atoms with Crippen LogP contribution in [0.4, 0.5) is 5.82 Å². The number of hydrogen-bond acceptors (Lipinski definition) is 10. The van der Waals surface area contributed by atoms with Crippen LogP contribution in [0.15, 0.2) is 114 Å². The van der Waals surface area contributed by atoms with Gasteiger partial charge in [0.05, 0.1) is 12.3 Å². The monoisotopic (exact) mass is 747 g/mol. The molecule has 0 aliphatic rings. The highest BCUT2D eigenvalue weighted by Crippen LogP contribution is 2.27. The molecule has 0 aliphatic heterocycles. The molecule has 12 heteroatoms. The van der Waals surface area contributed by atoms with E-state index in [9.17, 15) is 13.2 Å². The number of benzene rings is 2. The molecule has 0 bridgehead atoms. The lowest BCUT2D eigenvalue weighted by molar-refractivity contribution is -0.141. The topological polar surface area (TPSA) is 123 Å². The summed E-state index contributed by atoms with van der Waals surface area (Å²) in [6.45, 7) is 0.579. The maximum Gasteiger partial charge on any atom is 0.325 e. The molecular formula is C39H46ClN5O4S2. The Morgan fingerprint density at radius 2 is 1.47 bits per heavy atom. The van der Waals surface area contributed by atoms with Crippen LogP contribution in [0.1, 0.15) is 73.6 Å². The van der Waals surface area contributed by atoms with Gasteiger partial charge in [0.2, 0.25) is 9.84 Å². The number of rotatable bonds is 21. The second-order valence-corrected chi connectivity index (χ2v) is 15.0. The van der Waals surface area contributed by atoms with Crippen molar-refractivity contribution < 1.29 is 17.9 Å². The molecule has 0 fully saturated rings. The number of nitrogens with zero attached hydrogens (tertiary/aromatic N) is 3. The number of sulfone groups is 1. The molecule has 9 nitrogen and oxygen atoms in total. The number of aryl methyl sites for hydroxylation is 1. The third-order valence-corrected chi connectivity index (χ3v) is 11.0. The lowest BCUT2D eigenvalue weighted by Gasteiger charge is -2.19. The van der Waals surface area contributed by atoms with Crippen LogP contribution in [0, 0.1) is 0 Å². The van der Waals surface area contributed by atoms with E-state index in [2.05, 4.69) is 55.9 Å². The van der Waals surface area contributed by atoms with Crippen LogP contribution in [0.2, 0.25) is 0 Å². The Labute approximate surface area is 311 Å². The van der Waals surface area contributed by atoms with Gasteiger partial charge in [-0.1, -0.05) is 105 Å². The van der Waals surface area contributed by atoms with E-state index in [1.165, 1.54) is 49.9 Å². The lowest BCUT2D eigenvalue weighted by atomic mass is 10.0. The molecule has 2 N–H and O–H groups in total. The van der Waals surface area contributed by atoms with Gasteiger partial charge < -0.3 is 10.1 Å². The SMILES string of the molecule is Cl.O=C(CNc1cccc(C(NCc2ccc(-c3nccs3)cc2)S(=O)(=O)c2ccccn2)n1)OCCCCCCCCCCc1ccccc1. The molecule has 2 aromatic carbocycles. The number of pyridine rings is 2. The van der Waals surface area contributed by atoms with Crippen LogP contribution in [-0.2, 0) is 32.3 Å². The van der Waals surface area contributed by atoms with Crippen molar-refractivity contribution in [3.63, 3.8) is 0 Å². The Bertz CT molecular complexity index is 1830. The molecule has 5 aromatic rings. The van der Waals surface area contributed by atoms with E-state index in [0.717, 1.165) is 41.8 Å². The molecule has 0 saturated heterocycles. The van der Waals surface area contributed by atoms with Crippen molar-refractivity contribution in [2.75, 3.05) is 18.5 Å². The first kappa shape index (κ1) is 39.6. The molecule has 0 saturated carbocycles. The normalized spacial score (nSPS) is 11.8. The number of thiazole rings is 1. The van der Waals surface area contributed by atoms with Gasteiger partial charge in [-0.25, -0.2) is 23.4 Å². The van der Waals surface area contributed by atoms with Gasteiger partial charge in [0.25, 0.3) is 0 Å². The molecule has 0 radical (unpaired) electrons. The van der Waals surface area contributed by atoms with E-state index >= 15 is 0 Å². The van der Waals surface area contributed by atoms with Crippen molar-refractivity contribution in [3.8, 4) is 10.6 Å². The number of hydrogen-bond donors (Lipinski definition) is 2. The van der Waals surface area contributed by atoms with Gasteiger partial charge in [0.15, 0.2) is 10.4 Å². The molecule has 3 heterocycles. The summed E-state index contributed by atoms with van der Waals surface area (Å²) in [4.78, 5) is 25.5. The number of anilines is 1. The lowest BCUT2D eigenvalue weighted by Crippen LogP contribution is -2.30. The van der Waals surface area contributed by atoms with E-state index < -0.39 is 15.2 Å². The highest BCUT2D eigenvalue weighted by Gasteiger charge is 2.31. The summed E-state index contributed by atoms with van der Waals surface area (Å²) in [6, 6.07) is 28.3. The summed E-state index contributed by atoms with van der Waals surface area (Å²) in [5.74, 6) is -0.00774. The van der Waals surface area contributed by atoms with Crippen LogP contribution in [0.5, 0.6) is 0 Å². The number of carbonyl (C=O) groups is 1. The standard InChI is InChI=1S/C39H45N5O4S2.ClH/c45-37(48-27-13-6-4-2-1-3-5-8-15-31-16-9-7-10-17-31)30-42-35-19-14-18-34(44-35)39(50(46,47)36-20-11-12-25-40-36)43-29-32-21-23-33(24-22-32)38-41-26-28-49-38;/h7,9-12,14,16-26,28,39,43H,1-6,8,13,15,27,29-30H2,(H,42,44);1H. The Balaban J connectivity index is 0.00000583. The molecular weight excluding hydrogens is 702 g/mol. The first-order valence-electron chi connectivity index (χ1n) is 17.3.